The zero-order valence-corrected chi connectivity index (χ0v) is 16.8. The van der Waals surface area contributed by atoms with E-state index in [-0.39, 0.29) is 5.95 Å². The van der Waals surface area contributed by atoms with Gasteiger partial charge in [-0.15, -0.1) is 16.8 Å². The molecule has 3 N–H and O–H groups in total. The number of nitrogens with two attached hydrogens (primary N) is 1. The molecule has 30 heavy (non-hydrogen) atoms. The molecule has 9 nitrogen and oxygen atoms in total. The molecule has 0 aliphatic rings. The molecule has 0 atom stereocenters. The van der Waals surface area contributed by atoms with Crippen molar-refractivity contribution in [3.05, 3.63) is 73.3 Å². The summed E-state index contributed by atoms with van der Waals surface area (Å²) in [6.45, 7) is 4.41. The van der Waals surface area contributed by atoms with E-state index < -0.39 is 0 Å². The molecule has 0 spiro atoms. The lowest BCUT2D eigenvalue weighted by atomic mass is 10.2. The van der Waals surface area contributed by atoms with Crippen LogP contribution in [0.2, 0.25) is 0 Å². The van der Waals surface area contributed by atoms with Crippen molar-refractivity contribution in [3.8, 4) is 11.4 Å². The molecule has 4 rings (SSSR count). The number of allylic oxidation sites excluding steroid dienone is 1. The number of hydrogen-bond acceptors (Lipinski definition) is 9. The number of hydrogen-bond donors (Lipinski definition) is 2. The van der Waals surface area contributed by atoms with E-state index in [2.05, 4.69) is 42.0 Å². The minimum Gasteiger partial charge on any atom is -0.368 e. The van der Waals surface area contributed by atoms with E-state index in [1.54, 1.807) is 18.5 Å². The molecule has 0 radical (unpaired) electrons. The van der Waals surface area contributed by atoms with Gasteiger partial charge >= 0.3 is 0 Å². The summed E-state index contributed by atoms with van der Waals surface area (Å²) in [6, 6.07) is 13.4. The first-order chi connectivity index (χ1) is 14.7. The topological polar surface area (TPSA) is 120 Å². The third-order valence-electron chi connectivity index (χ3n) is 4.03. The molecule has 0 unspecified atom stereocenters. The van der Waals surface area contributed by atoms with Gasteiger partial charge in [-0.2, -0.15) is 15.0 Å². The van der Waals surface area contributed by atoms with Gasteiger partial charge in [0.05, 0.1) is 5.75 Å². The Hall–Kier alpha value is -3.79. The zero-order chi connectivity index (χ0) is 20.8. The summed E-state index contributed by atoms with van der Waals surface area (Å²) < 4.78 is 1.99. The van der Waals surface area contributed by atoms with Gasteiger partial charge in [0, 0.05) is 30.2 Å². The van der Waals surface area contributed by atoms with Crippen molar-refractivity contribution in [2.75, 3.05) is 11.1 Å². The molecular formula is C20H19N9S. The van der Waals surface area contributed by atoms with Crippen LogP contribution < -0.4 is 11.1 Å². The molecule has 0 aliphatic heterocycles. The number of nitrogens with zero attached hydrogens (tertiary/aromatic N) is 7. The van der Waals surface area contributed by atoms with Gasteiger partial charge in [0.25, 0.3) is 0 Å². The molecule has 3 aromatic heterocycles. The normalized spacial score (nSPS) is 10.7. The maximum Gasteiger partial charge on any atom is 0.232 e. The van der Waals surface area contributed by atoms with Crippen molar-refractivity contribution in [2.45, 2.75) is 17.5 Å². The minimum absolute atomic E-state index is 0.157. The summed E-state index contributed by atoms with van der Waals surface area (Å²) in [5.74, 6) is 2.31. The summed E-state index contributed by atoms with van der Waals surface area (Å²) in [5, 5.41) is 12.5. The molecule has 0 saturated carbocycles. The molecule has 0 aliphatic carbocycles. The van der Waals surface area contributed by atoms with E-state index in [4.69, 9.17) is 5.73 Å². The van der Waals surface area contributed by atoms with Crippen LogP contribution in [0, 0.1) is 0 Å². The average molecular weight is 418 g/mol. The summed E-state index contributed by atoms with van der Waals surface area (Å²) >= 11 is 1.47. The lowest BCUT2D eigenvalue weighted by molar-refractivity contribution is 0.730. The molecule has 0 amide bonds. The van der Waals surface area contributed by atoms with Crippen LogP contribution in [0.15, 0.2) is 72.7 Å². The number of para-hydroxylation sites is 1. The van der Waals surface area contributed by atoms with E-state index in [0.29, 0.717) is 24.1 Å². The Balaban J connectivity index is 1.53. The number of nitrogens with one attached hydrogen (secondary N) is 1. The highest BCUT2D eigenvalue weighted by Gasteiger charge is 2.15. The highest BCUT2D eigenvalue weighted by molar-refractivity contribution is 7.98. The number of nitrogen functional groups attached to an aromatic ring is 1. The molecule has 10 heteroatoms. The number of anilines is 3. The average Bonchev–Trinajstić information content (AvgIpc) is 3.16. The van der Waals surface area contributed by atoms with Gasteiger partial charge < -0.3 is 11.1 Å². The van der Waals surface area contributed by atoms with Crippen LogP contribution in [-0.4, -0.2) is 34.7 Å². The fourth-order valence-corrected chi connectivity index (χ4v) is 3.54. The summed E-state index contributed by atoms with van der Waals surface area (Å²) in [6.07, 6.45) is 5.26. The summed E-state index contributed by atoms with van der Waals surface area (Å²) in [4.78, 5) is 16.9. The van der Waals surface area contributed by atoms with E-state index in [1.807, 2.05) is 47.0 Å². The Morgan fingerprint density at radius 3 is 2.60 bits per heavy atom. The van der Waals surface area contributed by atoms with Gasteiger partial charge in [-0.1, -0.05) is 36.0 Å². The Labute approximate surface area is 177 Å². The Morgan fingerprint density at radius 1 is 1.03 bits per heavy atom. The summed E-state index contributed by atoms with van der Waals surface area (Å²) in [7, 11) is 0. The first-order valence-corrected chi connectivity index (χ1v) is 10.1. The predicted molar refractivity (Wildman–Crippen MR) is 117 cm³/mol. The highest BCUT2D eigenvalue weighted by Crippen LogP contribution is 2.26. The first kappa shape index (κ1) is 19.5. The zero-order valence-electron chi connectivity index (χ0n) is 16.0. The van der Waals surface area contributed by atoms with Gasteiger partial charge in [-0.3, -0.25) is 9.55 Å². The van der Waals surface area contributed by atoms with Crippen LogP contribution in [0.1, 0.15) is 5.82 Å². The van der Waals surface area contributed by atoms with Crippen molar-refractivity contribution < 1.29 is 0 Å². The fourth-order valence-electron chi connectivity index (χ4n) is 2.74. The number of pyridine rings is 1. The highest BCUT2D eigenvalue weighted by atomic mass is 32.2. The molecule has 4 aromatic rings. The fraction of sp³-hybridized carbons (Fsp3) is 0.100. The standard InChI is InChI=1S/C20H19N9S/c1-2-12-29-17(14-8-10-22-11-9-14)27-28-20(29)30-13-16-24-18(21)26-19(25-16)23-15-6-4-3-5-7-15/h2-11H,1,12-13H2,(H3,21,23,24,25,26). The van der Waals surface area contributed by atoms with Gasteiger partial charge in [0.2, 0.25) is 11.9 Å². The van der Waals surface area contributed by atoms with E-state index in [0.717, 1.165) is 22.2 Å². The van der Waals surface area contributed by atoms with Crippen LogP contribution in [0.25, 0.3) is 11.4 Å². The Bertz CT molecular complexity index is 1130. The van der Waals surface area contributed by atoms with Crippen LogP contribution in [-0.2, 0) is 12.3 Å². The van der Waals surface area contributed by atoms with Crippen LogP contribution in [0.5, 0.6) is 0 Å². The van der Waals surface area contributed by atoms with Crippen molar-refractivity contribution in [2.24, 2.45) is 0 Å². The SMILES string of the molecule is C=CCn1c(SCc2nc(N)nc(Nc3ccccc3)n2)nnc1-c1ccncc1. The van der Waals surface area contributed by atoms with Crippen molar-refractivity contribution >= 4 is 29.3 Å². The van der Waals surface area contributed by atoms with Gasteiger partial charge in [-0.05, 0) is 24.3 Å². The molecule has 150 valence electrons. The Kier molecular flexibility index (Phi) is 5.95. The predicted octanol–water partition coefficient (Wildman–Crippen LogP) is 3.33. The monoisotopic (exact) mass is 417 g/mol. The lowest BCUT2D eigenvalue weighted by Gasteiger charge is -2.08. The van der Waals surface area contributed by atoms with Gasteiger partial charge in [-0.25, -0.2) is 0 Å². The third-order valence-corrected chi connectivity index (χ3v) is 4.99. The maximum atomic E-state index is 5.88. The number of benzene rings is 1. The van der Waals surface area contributed by atoms with Crippen LogP contribution >= 0.6 is 11.8 Å². The molecule has 1 aromatic carbocycles. The van der Waals surface area contributed by atoms with Crippen molar-refractivity contribution in [1.82, 2.24) is 34.7 Å². The largest absolute Gasteiger partial charge is 0.368 e. The van der Waals surface area contributed by atoms with Crippen LogP contribution in [0.4, 0.5) is 17.6 Å². The molecule has 3 heterocycles. The number of thioether (sulfide) groups is 1. The van der Waals surface area contributed by atoms with Gasteiger partial charge in [0.1, 0.15) is 5.82 Å². The van der Waals surface area contributed by atoms with Crippen molar-refractivity contribution in [1.29, 1.82) is 0 Å². The molecule has 0 bridgehead atoms. The van der Waals surface area contributed by atoms with Crippen LogP contribution in [0.3, 0.4) is 0 Å². The Morgan fingerprint density at radius 2 is 1.83 bits per heavy atom. The number of rotatable bonds is 8. The third kappa shape index (κ3) is 4.61. The molecule has 0 fully saturated rings. The lowest BCUT2D eigenvalue weighted by Crippen LogP contribution is -2.07. The van der Waals surface area contributed by atoms with E-state index in [1.165, 1.54) is 11.8 Å². The van der Waals surface area contributed by atoms with Gasteiger partial charge in [0.15, 0.2) is 11.0 Å². The second kappa shape index (κ2) is 9.14. The number of aromatic nitrogens is 7. The first-order valence-electron chi connectivity index (χ1n) is 9.12. The van der Waals surface area contributed by atoms with Crippen molar-refractivity contribution in [3.63, 3.8) is 0 Å². The summed E-state index contributed by atoms with van der Waals surface area (Å²) in [5.41, 5.74) is 7.68. The smallest absolute Gasteiger partial charge is 0.232 e. The second-order valence-corrected chi connectivity index (χ2v) is 7.10. The maximum absolute atomic E-state index is 5.88. The second-order valence-electron chi connectivity index (χ2n) is 6.15. The molecule has 0 saturated heterocycles. The minimum atomic E-state index is 0.157. The van der Waals surface area contributed by atoms with E-state index >= 15 is 0 Å². The molecular weight excluding hydrogens is 398 g/mol. The van der Waals surface area contributed by atoms with E-state index in [9.17, 15) is 0 Å². The quantitative estimate of drug-likeness (QED) is 0.328.